The standard InChI is InChI=1S/C20H16ClN3O2S/c21-18-6-4-15(27-18)11-26-14-7-8-24(19(25)10-14)13-3-5-16-17(9-13)23-20(22-16)12-1-2-12/h3-10,12H,1-2,11H2,(H,22,23). The maximum Gasteiger partial charge on any atom is 0.258 e. The largest absolute Gasteiger partial charge is 0.488 e. The van der Waals surface area contributed by atoms with Crippen LogP contribution in [0.25, 0.3) is 16.7 Å². The fraction of sp³-hybridized carbons (Fsp3) is 0.200. The summed E-state index contributed by atoms with van der Waals surface area (Å²) in [6, 6.07) is 12.9. The first-order chi connectivity index (χ1) is 13.2. The van der Waals surface area contributed by atoms with Gasteiger partial charge in [-0.05, 0) is 49.2 Å². The second-order valence-corrected chi connectivity index (χ2v) is 8.46. The van der Waals surface area contributed by atoms with E-state index in [0.29, 0.717) is 18.3 Å². The summed E-state index contributed by atoms with van der Waals surface area (Å²) in [5.41, 5.74) is 2.55. The molecule has 1 saturated carbocycles. The molecule has 0 amide bonds. The van der Waals surface area contributed by atoms with Gasteiger partial charge in [0.2, 0.25) is 0 Å². The van der Waals surface area contributed by atoms with Crippen LogP contribution in [0.3, 0.4) is 0 Å². The van der Waals surface area contributed by atoms with Crippen molar-refractivity contribution in [1.29, 1.82) is 0 Å². The molecule has 0 atom stereocenters. The van der Waals surface area contributed by atoms with Crippen molar-refractivity contribution in [3.8, 4) is 11.4 Å². The number of ether oxygens (including phenoxy) is 1. The first-order valence-electron chi connectivity index (χ1n) is 8.75. The van der Waals surface area contributed by atoms with E-state index in [4.69, 9.17) is 16.3 Å². The molecule has 5 rings (SSSR count). The Morgan fingerprint density at radius 1 is 1.22 bits per heavy atom. The molecule has 27 heavy (non-hydrogen) atoms. The van der Waals surface area contributed by atoms with E-state index in [-0.39, 0.29) is 5.56 Å². The Bertz CT molecular complexity index is 1190. The number of fused-ring (bicyclic) bond motifs is 1. The molecule has 4 aromatic rings. The van der Waals surface area contributed by atoms with E-state index >= 15 is 0 Å². The summed E-state index contributed by atoms with van der Waals surface area (Å²) in [5.74, 6) is 2.16. The predicted octanol–water partition coefficient (Wildman–Crippen LogP) is 4.89. The molecule has 1 aliphatic rings. The summed E-state index contributed by atoms with van der Waals surface area (Å²) in [5, 5.41) is 0. The van der Waals surface area contributed by atoms with Crippen molar-refractivity contribution in [3.63, 3.8) is 0 Å². The monoisotopic (exact) mass is 397 g/mol. The number of aromatic amines is 1. The zero-order valence-electron chi connectivity index (χ0n) is 14.3. The van der Waals surface area contributed by atoms with Crippen molar-refractivity contribution in [2.75, 3.05) is 0 Å². The highest BCUT2D eigenvalue weighted by molar-refractivity contribution is 7.16. The number of nitrogens with one attached hydrogen (secondary N) is 1. The third kappa shape index (κ3) is 3.38. The van der Waals surface area contributed by atoms with Crippen LogP contribution < -0.4 is 10.3 Å². The average Bonchev–Trinajstić information content (AvgIpc) is 3.29. The summed E-state index contributed by atoms with van der Waals surface area (Å²) in [6.45, 7) is 0.394. The Morgan fingerprint density at radius 2 is 2.11 bits per heavy atom. The average molecular weight is 398 g/mol. The molecule has 1 N–H and O–H groups in total. The number of rotatable bonds is 5. The smallest absolute Gasteiger partial charge is 0.258 e. The van der Waals surface area contributed by atoms with E-state index in [9.17, 15) is 4.79 Å². The van der Waals surface area contributed by atoms with Gasteiger partial charge >= 0.3 is 0 Å². The third-order valence-corrected chi connectivity index (χ3v) is 5.83. The number of thiophene rings is 1. The molecule has 1 aromatic carbocycles. The normalized spacial score (nSPS) is 14.0. The molecular weight excluding hydrogens is 382 g/mol. The maximum atomic E-state index is 12.6. The molecule has 3 aromatic heterocycles. The number of nitrogens with zero attached hydrogens (tertiary/aromatic N) is 2. The predicted molar refractivity (Wildman–Crippen MR) is 107 cm³/mol. The quantitative estimate of drug-likeness (QED) is 0.521. The van der Waals surface area contributed by atoms with Gasteiger partial charge in [0.1, 0.15) is 18.2 Å². The molecule has 0 saturated heterocycles. The van der Waals surface area contributed by atoms with Crippen molar-refractivity contribution in [3.05, 3.63) is 74.1 Å². The van der Waals surface area contributed by atoms with Crippen LogP contribution in [0.2, 0.25) is 4.34 Å². The number of hydrogen-bond donors (Lipinski definition) is 1. The highest BCUT2D eigenvalue weighted by atomic mass is 35.5. The number of H-pyrrole nitrogens is 1. The van der Waals surface area contributed by atoms with Gasteiger partial charge < -0.3 is 9.72 Å². The number of benzene rings is 1. The summed E-state index contributed by atoms with van der Waals surface area (Å²) < 4.78 is 8.03. The van der Waals surface area contributed by atoms with E-state index in [2.05, 4.69) is 9.97 Å². The van der Waals surface area contributed by atoms with Gasteiger partial charge in [-0.1, -0.05) is 11.6 Å². The Kier molecular flexibility index (Phi) is 4.02. The van der Waals surface area contributed by atoms with Crippen LogP contribution in [0.4, 0.5) is 0 Å². The van der Waals surface area contributed by atoms with Crippen molar-refractivity contribution >= 4 is 34.0 Å². The summed E-state index contributed by atoms with van der Waals surface area (Å²) in [4.78, 5) is 21.6. The number of hydrogen-bond acceptors (Lipinski definition) is 4. The van der Waals surface area contributed by atoms with Gasteiger partial charge in [-0.2, -0.15) is 0 Å². The van der Waals surface area contributed by atoms with E-state index < -0.39 is 0 Å². The lowest BCUT2D eigenvalue weighted by Gasteiger charge is -2.08. The SMILES string of the molecule is O=c1cc(OCc2ccc(Cl)s2)ccn1-c1ccc2nc(C3CC3)[nH]c2c1. The number of pyridine rings is 1. The summed E-state index contributed by atoms with van der Waals surface area (Å²) in [7, 11) is 0. The second kappa shape index (κ2) is 6.55. The molecule has 0 spiro atoms. The molecule has 7 heteroatoms. The van der Waals surface area contributed by atoms with Crippen LogP contribution >= 0.6 is 22.9 Å². The molecule has 0 unspecified atom stereocenters. The molecule has 3 heterocycles. The van der Waals surface area contributed by atoms with Crippen molar-refractivity contribution in [2.24, 2.45) is 0 Å². The van der Waals surface area contributed by atoms with Gasteiger partial charge in [0, 0.05) is 23.1 Å². The van der Waals surface area contributed by atoms with Crippen molar-refractivity contribution in [1.82, 2.24) is 14.5 Å². The minimum Gasteiger partial charge on any atom is -0.488 e. The number of aromatic nitrogens is 3. The van der Waals surface area contributed by atoms with Gasteiger partial charge in [0.05, 0.1) is 21.1 Å². The molecule has 0 aliphatic heterocycles. The minimum absolute atomic E-state index is 0.141. The third-order valence-electron chi connectivity index (χ3n) is 4.63. The lowest BCUT2D eigenvalue weighted by Crippen LogP contribution is -2.16. The van der Waals surface area contributed by atoms with E-state index in [1.807, 2.05) is 30.3 Å². The zero-order chi connectivity index (χ0) is 18.4. The van der Waals surface area contributed by atoms with Crippen LogP contribution in [-0.4, -0.2) is 14.5 Å². The first-order valence-corrected chi connectivity index (χ1v) is 9.95. The first kappa shape index (κ1) is 16.6. The van der Waals surface area contributed by atoms with Crippen molar-refractivity contribution < 1.29 is 4.74 Å². The topological polar surface area (TPSA) is 59.9 Å². The molecule has 1 fully saturated rings. The molecule has 1 aliphatic carbocycles. The van der Waals surface area contributed by atoms with E-state index in [1.165, 1.54) is 30.2 Å². The van der Waals surface area contributed by atoms with Gasteiger partial charge in [-0.3, -0.25) is 9.36 Å². The summed E-state index contributed by atoms with van der Waals surface area (Å²) >= 11 is 7.39. The molecule has 0 radical (unpaired) electrons. The zero-order valence-corrected chi connectivity index (χ0v) is 15.9. The van der Waals surface area contributed by atoms with Crippen LogP contribution in [0.15, 0.2) is 53.5 Å². The van der Waals surface area contributed by atoms with Crippen LogP contribution in [0, 0.1) is 0 Å². The highest BCUT2D eigenvalue weighted by Crippen LogP contribution is 2.39. The van der Waals surface area contributed by atoms with Crippen LogP contribution in [-0.2, 0) is 6.61 Å². The fourth-order valence-electron chi connectivity index (χ4n) is 3.06. The molecule has 0 bridgehead atoms. The van der Waals surface area contributed by atoms with Gasteiger partial charge in [0.25, 0.3) is 5.56 Å². The summed E-state index contributed by atoms with van der Waals surface area (Å²) in [6.07, 6.45) is 4.13. The Hall–Kier alpha value is -2.57. The maximum absolute atomic E-state index is 12.6. The van der Waals surface area contributed by atoms with E-state index in [1.54, 1.807) is 16.8 Å². The lowest BCUT2D eigenvalue weighted by atomic mass is 10.2. The van der Waals surface area contributed by atoms with E-state index in [0.717, 1.165) is 31.8 Å². The Balaban J connectivity index is 1.39. The minimum atomic E-state index is -0.141. The van der Waals surface area contributed by atoms with Crippen LogP contribution in [0.5, 0.6) is 5.75 Å². The Labute approximate surface area is 164 Å². The fourth-order valence-corrected chi connectivity index (χ4v) is 4.07. The van der Waals surface area contributed by atoms with Gasteiger partial charge in [-0.15, -0.1) is 11.3 Å². The van der Waals surface area contributed by atoms with Crippen LogP contribution in [0.1, 0.15) is 29.5 Å². The second-order valence-electron chi connectivity index (χ2n) is 6.66. The number of imidazole rings is 1. The molecular formula is C20H16ClN3O2S. The molecule has 5 nitrogen and oxygen atoms in total. The Morgan fingerprint density at radius 3 is 2.85 bits per heavy atom. The highest BCUT2D eigenvalue weighted by Gasteiger charge is 2.26. The lowest BCUT2D eigenvalue weighted by molar-refractivity contribution is 0.309. The van der Waals surface area contributed by atoms with Gasteiger partial charge in [-0.25, -0.2) is 4.98 Å². The molecule has 136 valence electrons. The number of halogens is 1. The van der Waals surface area contributed by atoms with Crippen molar-refractivity contribution in [2.45, 2.75) is 25.4 Å². The van der Waals surface area contributed by atoms with Gasteiger partial charge in [0.15, 0.2) is 0 Å².